The van der Waals surface area contributed by atoms with E-state index in [9.17, 15) is 4.79 Å². The first-order chi connectivity index (χ1) is 9.19. The van der Waals surface area contributed by atoms with Gasteiger partial charge in [-0.3, -0.25) is 4.79 Å². The Morgan fingerprint density at radius 1 is 1.05 bits per heavy atom. The Bertz CT molecular complexity index is 355. The number of hydrogen-bond acceptors (Lipinski definition) is 2. The van der Waals surface area contributed by atoms with Crippen molar-refractivity contribution < 1.29 is 4.79 Å². The molecule has 19 heavy (non-hydrogen) atoms. The zero-order valence-corrected chi connectivity index (χ0v) is 12.6. The Hall–Kier alpha value is -1.15. The van der Waals surface area contributed by atoms with Crippen molar-refractivity contribution in [1.29, 1.82) is 0 Å². The van der Waals surface area contributed by atoms with Crippen LogP contribution in [0.2, 0.25) is 0 Å². The van der Waals surface area contributed by atoms with Gasteiger partial charge in [-0.2, -0.15) is 0 Å². The standard InChI is InChI=1S/C17H27NO/c1-4-12-18(13-5-2)14-11-17(15(3)19)16-9-7-6-8-10-16/h6-10,17H,4-5,11-14H2,1-3H3. The third-order valence-electron chi connectivity index (χ3n) is 3.51. The van der Waals surface area contributed by atoms with Crippen LogP contribution in [0.1, 0.15) is 51.5 Å². The quantitative estimate of drug-likeness (QED) is 0.672. The van der Waals surface area contributed by atoms with Gasteiger partial charge in [0.15, 0.2) is 0 Å². The maximum atomic E-state index is 11.9. The summed E-state index contributed by atoms with van der Waals surface area (Å²) >= 11 is 0. The van der Waals surface area contributed by atoms with Crippen LogP contribution >= 0.6 is 0 Å². The van der Waals surface area contributed by atoms with Crippen molar-refractivity contribution in [1.82, 2.24) is 4.90 Å². The zero-order valence-electron chi connectivity index (χ0n) is 12.6. The average molecular weight is 261 g/mol. The highest BCUT2D eigenvalue weighted by Crippen LogP contribution is 2.21. The molecular formula is C17H27NO. The monoisotopic (exact) mass is 261 g/mol. The van der Waals surface area contributed by atoms with Gasteiger partial charge in [-0.05, 0) is 51.4 Å². The SMILES string of the molecule is CCCN(CCC)CCC(C(C)=O)c1ccccc1. The summed E-state index contributed by atoms with van der Waals surface area (Å²) in [6.07, 6.45) is 3.28. The Kier molecular flexibility index (Phi) is 7.42. The summed E-state index contributed by atoms with van der Waals surface area (Å²) in [5.41, 5.74) is 1.16. The molecule has 1 aromatic rings. The van der Waals surface area contributed by atoms with E-state index in [0.717, 1.165) is 31.6 Å². The molecule has 0 spiro atoms. The Balaban J connectivity index is 2.61. The van der Waals surface area contributed by atoms with Crippen LogP contribution in [0.25, 0.3) is 0 Å². The van der Waals surface area contributed by atoms with Crippen LogP contribution in [0.5, 0.6) is 0 Å². The zero-order chi connectivity index (χ0) is 14.1. The van der Waals surface area contributed by atoms with Gasteiger partial charge in [0.1, 0.15) is 5.78 Å². The largest absolute Gasteiger partial charge is 0.303 e. The highest BCUT2D eigenvalue weighted by Gasteiger charge is 2.17. The molecular weight excluding hydrogens is 234 g/mol. The van der Waals surface area contributed by atoms with E-state index in [4.69, 9.17) is 0 Å². The molecule has 0 amide bonds. The molecule has 0 N–H and O–H groups in total. The molecule has 0 radical (unpaired) electrons. The number of carbonyl (C=O) groups excluding carboxylic acids is 1. The molecule has 0 aliphatic heterocycles. The van der Waals surface area contributed by atoms with E-state index >= 15 is 0 Å². The van der Waals surface area contributed by atoms with Gasteiger partial charge in [0.2, 0.25) is 0 Å². The van der Waals surface area contributed by atoms with E-state index < -0.39 is 0 Å². The first-order valence-corrected chi connectivity index (χ1v) is 7.46. The first-order valence-electron chi connectivity index (χ1n) is 7.46. The van der Waals surface area contributed by atoms with Gasteiger partial charge in [0.05, 0.1) is 0 Å². The van der Waals surface area contributed by atoms with Crippen molar-refractivity contribution in [3.8, 4) is 0 Å². The summed E-state index contributed by atoms with van der Waals surface area (Å²) in [5, 5.41) is 0. The summed E-state index contributed by atoms with van der Waals surface area (Å²) in [5.74, 6) is 0.330. The van der Waals surface area contributed by atoms with Crippen LogP contribution < -0.4 is 0 Å². The number of rotatable bonds is 9. The number of carbonyl (C=O) groups is 1. The van der Waals surface area contributed by atoms with Crippen molar-refractivity contribution in [2.75, 3.05) is 19.6 Å². The minimum Gasteiger partial charge on any atom is -0.303 e. The molecule has 0 saturated carbocycles. The maximum absolute atomic E-state index is 11.9. The lowest BCUT2D eigenvalue weighted by Crippen LogP contribution is -2.28. The predicted molar refractivity (Wildman–Crippen MR) is 81.5 cm³/mol. The minimum absolute atomic E-state index is 0.0532. The summed E-state index contributed by atoms with van der Waals surface area (Å²) in [4.78, 5) is 14.3. The molecule has 1 rings (SSSR count). The molecule has 0 heterocycles. The smallest absolute Gasteiger partial charge is 0.137 e. The van der Waals surface area contributed by atoms with Crippen LogP contribution in [0.4, 0.5) is 0 Å². The Labute approximate surface area is 117 Å². The molecule has 0 aliphatic rings. The summed E-state index contributed by atoms with van der Waals surface area (Å²) < 4.78 is 0. The minimum atomic E-state index is 0.0532. The lowest BCUT2D eigenvalue weighted by atomic mass is 9.92. The first kappa shape index (κ1) is 15.9. The van der Waals surface area contributed by atoms with Gasteiger partial charge >= 0.3 is 0 Å². The van der Waals surface area contributed by atoms with Crippen LogP contribution in [-0.4, -0.2) is 30.3 Å². The second-order valence-electron chi connectivity index (χ2n) is 5.20. The molecule has 2 heteroatoms. The van der Waals surface area contributed by atoms with Gasteiger partial charge in [-0.25, -0.2) is 0 Å². The van der Waals surface area contributed by atoms with Crippen LogP contribution in [0, 0.1) is 0 Å². The predicted octanol–water partition coefficient (Wildman–Crippen LogP) is 3.87. The van der Waals surface area contributed by atoms with E-state index in [-0.39, 0.29) is 11.7 Å². The van der Waals surface area contributed by atoms with Crippen molar-refractivity contribution in [2.45, 2.75) is 46.0 Å². The van der Waals surface area contributed by atoms with E-state index in [1.165, 1.54) is 12.8 Å². The topological polar surface area (TPSA) is 20.3 Å². The molecule has 0 saturated heterocycles. The summed E-state index contributed by atoms with van der Waals surface area (Å²) in [6, 6.07) is 10.2. The van der Waals surface area contributed by atoms with Crippen LogP contribution in [0.3, 0.4) is 0 Å². The highest BCUT2D eigenvalue weighted by atomic mass is 16.1. The van der Waals surface area contributed by atoms with E-state index in [2.05, 4.69) is 30.9 Å². The average Bonchev–Trinajstić information content (AvgIpc) is 2.40. The molecule has 0 bridgehead atoms. The second-order valence-corrected chi connectivity index (χ2v) is 5.20. The molecule has 1 aromatic carbocycles. The van der Waals surface area contributed by atoms with Crippen molar-refractivity contribution >= 4 is 5.78 Å². The molecule has 0 fully saturated rings. The number of hydrogen-bond donors (Lipinski definition) is 0. The molecule has 0 aromatic heterocycles. The van der Waals surface area contributed by atoms with Crippen molar-refractivity contribution in [3.05, 3.63) is 35.9 Å². The normalized spacial score (nSPS) is 12.6. The van der Waals surface area contributed by atoms with Gasteiger partial charge in [-0.1, -0.05) is 44.2 Å². The van der Waals surface area contributed by atoms with Crippen molar-refractivity contribution in [2.24, 2.45) is 0 Å². The second kappa shape index (κ2) is 8.87. The third-order valence-corrected chi connectivity index (χ3v) is 3.51. The van der Waals surface area contributed by atoms with E-state index in [1.54, 1.807) is 6.92 Å². The molecule has 0 aliphatic carbocycles. The number of nitrogens with zero attached hydrogens (tertiary/aromatic N) is 1. The van der Waals surface area contributed by atoms with Crippen LogP contribution in [-0.2, 0) is 4.79 Å². The van der Waals surface area contributed by atoms with Gasteiger partial charge in [0.25, 0.3) is 0 Å². The number of ketones is 1. The lowest BCUT2D eigenvalue weighted by molar-refractivity contribution is -0.118. The number of Topliss-reactive ketones (excluding diaryl/α,β-unsaturated/α-hetero) is 1. The number of benzene rings is 1. The van der Waals surface area contributed by atoms with Crippen molar-refractivity contribution in [3.63, 3.8) is 0 Å². The Morgan fingerprint density at radius 3 is 2.11 bits per heavy atom. The summed E-state index contributed by atoms with van der Waals surface area (Å²) in [6.45, 7) is 9.41. The Morgan fingerprint density at radius 2 is 1.63 bits per heavy atom. The van der Waals surface area contributed by atoms with E-state index in [0.29, 0.717) is 0 Å². The molecule has 1 unspecified atom stereocenters. The highest BCUT2D eigenvalue weighted by molar-refractivity contribution is 5.83. The fourth-order valence-electron chi connectivity index (χ4n) is 2.57. The summed E-state index contributed by atoms with van der Waals surface area (Å²) in [7, 11) is 0. The molecule has 1 atom stereocenters. The van der Waals surface area contributed by atoms with Gasteiger partial charge < -0.3 is 4.90 Å². The lowest BCUT2D eigenvalue weighted by Gasteiger charge is -2.23. The fourth-order valence-corrected chi connectivity index (χ4v) is 2.57. The van der Waals surface area contributed by atoms with Gasteiger partial charge in [-0.15, -0.1) is 0 Å². The maximum Gasteiger partial charge on any atom is 0.137 e. The molecule has 2 nitrogen and oxygen atoms in total. The van der Waals surface area contributed by atoms with Gasteiger partial charge in [0, 0.05) is 5.92 Å². The third kappa shape index (κ3) is 5.56. The molecule has 106 valence electrons. The van der Waals surface area contributed by atoms with E-state index in [1.807, 2.05) is 18.2 Å². The fraction of sp³-hybridized carbons (Fsp3) is 0.588. The van der Waals surface area contributed by atoms with Crippen LogP contribution in [0.15, 0.2) is 30.3 Å².